The minimum atomic E-state index is 0.875. The van der Waals surface area contributed by atoms with Gasteiger partial charge in [-0.05, 0) is 26.3 Å². The monoisotopic (exact) mass is 271 g/mol. The number of hydrogen-bond acceptors (Lipinski definition) is 2. The third kappa shape index (κ3) is 3.73. The quantitative estimate of drug-likeness (QED) is 0.576. The number of benzene rings is 1. The van der Waals surface area contributed by atoms with E-state index < -0.39 is 0 Å². The number of unbranched alkanes of at least 4 members (excludes halogenated alkanes) is 1. The van der Waals surface area contributed by atoms with Gasteiger partial charge in [-0.15, -0.1) is 0 Å². The fourth-order valence-electron chi connectivity index (χ4n) is 2.36. The van der Waals surface area contributed by atoms with Gasteiger partial charge < -0.3 is 9.73 Å². The molecule has 1 N–H and O–H groups in total. The molecule has 1 heterocycles. The van der Waals surface area contributed by atoms with Crippen molar-refractivity contribution in [2.24, 2.45) is 0 Å². The summed E-state index contributed by atoms with van der Waals surface area (Å²) in [6.45, 7) is 8.26. The first-order chi connectivity index (χ1) is 9.72. The van der Waals surface area contributed by atoms with Gasteiger partial charge >= 0.3 is 0 Å². The Morgan fingerprint density at radius 1 is 1.25 bits per heavy atom. The third-order valence-electron chi connectivity index (χ3n) is 3.50. The second-order valence-electron chi connectivity index (χ2n) is 5.52. The molecular formula is C18H25NO. The number of para-hydroxylation sites is 1. The van der Waals surface area contributed by atoms with E-state index in [2.05, 4.69) is 50.4 Å². The van der Waals surface area contributed by atoms with Crippen LogP contribution in [0.3, 0.4) is 0 Å². The van der Waals surface area contributed by atoms with Crippen molar-refractivity contribution in [2.45, 2.75) is 46.6 Å². The van der Waals surface area contributed by atoms with E-state index in [1.165, 1.54) is 29.4 Å². The van der Waals surface area contributed by atoms with Crippen molar-refractivity contribution in [1.82, 2.24) is 5.32 Å². The molecule has 2 heteroatoms. The number of hydrogen-bond donors (Lipinski definition) is 1. The van der Waals surface area contributed by atoms with Crippen molar-refractivity contribution in [3.8, 4) is 0 Å². The molecule has 0 radical (unpaired) electrons. The summed E-state index contributed by atoms with van der Waals surface area (Å²) in [4.78, 5) is 0. The average Bonchev–Trinajstić information content (AvgIpc) is 2.79. The zero-order chi connectivity index (χ0) is 14.4. The highest BCUT2D eigenvalue weighted by molar-refractivity contribution is 5.82. The molecule has 0 unspecified atom stereocenters. The lowest BCUT2D eigenvalue weighted by Gasteiger charge is -2.04. The Hall–Kier alpha value is -1.54. The Labute approximate surface area is 121 Å². The van der Waals surface area contributed by atoms with Crippen LogP contribution in [0.1, 0.15) is 44.9 Å². The fraction of sp³-hybridized carbons (Fsp3) is 0.444. The van der Waals surface area contributed by atoms with Crippen LogP contribution in [0.15, 0.2) is 40.3 Å². The lowest BCUT2D eigenvalue weighted by atomic mass is 10.1. The minimum Gasteiger partial charge on any atom is -0.461 e. The van der Waals surface area contributed by atoms with Crippen molar-refractivity contribution in [3.63, 3.8) is 0 Å². The van der Waals surface area contributed by atoms with Crippen molar-refractivity contribution in [2.75, 3.05) is 6.54 Å². The second-order valence-corrected chi connectivity index (χ2v) is 5.52. The molecule has 20 heavy (non-hydrogen) atoms. The van der Waals surface area contributed by atoms with E-state index in [-0.39, 0.29) is 0 Å². The van der Waals surface area contributed by atoms with E-state index in [0.29, 0.717) is 0 Å². The van der Waals surface area contributed by atoms with Crippen LogP contribution < -0.4 is 5.32 Å². The fourth-order valence-corrected chi connectivity index (χ4v) is 2.36. The number of aryl methyl sites for hydroxylation is 1. The van der Waals surface area contributed by atoms with Crippen molar-refractivity contribution in [3.05, 3.63) is 47.2 Å². The number of fused-ring (bicyclic) bond motifs is 1. The first kappa shape index (κ1) is 14.9. The van der Waals surface area contributed by atoms with Gasteiger partial charge in [-0.25, -0.2) is 0 Å². The Bertz CT molecular complexity index is 576. The summed E-state index contributed by atoms with van der Waals surface area (Å²) in [6.07, 6.45) is 5.63. The van der Waals surface area contributed by atoms with Crippen LogP contribution >= 0.6 is 0 Å². The molecule has 0 saturated heterocycles. The van der Waals surface area contributed by atoms with E-state index in [1.807, 2.05) is 6.07 Å². The summed E-state index contributed by atoms with van der Waals surface area (Å²) < 4.78 is 6.02. The van der Waals surface area contributed by atoms with Crippen LogP contribution in [0, 0.1) is 0 Å². The predicted molar refractivity (Wildman–Crippen MR) is 86.0 cm³/mol. The van der Waals surface area contributed by atoms with Gasteiger partial charge in [-0.3, -0.25) is 0 Å². The van der Waals surface area contributed by atoms with E-state index in [0.717, 1.165) is 30.9 Å². The first-order valence-corrected chi connectivity index (χ1v) is 7.55. The number of rotatable bonds is 7. The Morgan fingerprint density at radius 2 is 2.05 bits per heavy atom. The van der Waals surface area contributed by atoms with Gasteiger partial charge in [0.25, 0.3) is 0 Å². The van der Waals surface area contributed by atoms with Gasteiger partial charge in [0.05, 0.1) is 0 Å². The molecule has 2 rings (SSSR count). The molecular weight excluding hydrogens is 246 g/mol. The predicted octanol–water partition coefficient (Wildman–Crippen LogP) is 4.83. The Kier molecular flexibility index (Phi) is 5.42. The summed E-state index contributed by atoms with van der Waals surface area (Å²) in [5.41, 5.74) is 3.69. The van der Waals surface area contributed by atoms with Crippen LogP contribution in [0.5, 0.6) is 0 Å². The van der Waals surface area contributed by atoms with Crippen LogP contribution in [-0.4, -0.2) is 6.54 Å². The van der Waals surface area contributed by atoms with E-state index in [4.69, 9.17) is 4.42 Å². The zero-order valence-corrected chi connectivity index (χ0v) is 12.8. The standard InChI is InChI=1S/C18H25NO/c1-4-5-9-18-16(13-19-12-11-14(2)3)15-8-6-7-10-17(15)20-18/h6-8,10-11,19H,4-5,9,12-13H2,1-3H3. The van der Waals surface area contributed by atoms with Gasteiger partial charge in [0, 0.05) is 30.5 Å². The molecule has 0 bridgehead atoms. The normalized spacial score (nSPS) is 10.9. The molecule has 0 fully saturated rings. The van der Waals surface area contributed by atoms with E-state index >= 15 is 0 Å². The van der Waals surface area contributed by atoms with E-state index in [1.54, 1.807) is 0 Å². The largest absolute Gasteiger partial charge is 0.461 e. The molecule has 1 aromatic carbocycles. The summed E-state index contributed by atoms with van der Waals surface area (Å²) in [5.74, 6) is 1.15. The molecule has 0 aliphatic carbocycles. The van der Waals surface area contributed by atoms with Crippen molar-refractivity contribution in [1.29, 1.82) is 0 Å². The molecule has 0 saturated carbocycles. The molecule has 0 aliphatic rings. The van der Waals surface area contributed by atoms with Crippen LogP contribution in [0.4, 0.5) is 0 Å². The van der Waals surface area contributed by atoms with E-state index in [9.17, 15) is 0 Å². The van der Waals surface area contributed by atoms with Crippen molar-refractivity contribution < 1.29 is 4.42 Å². The maximum atomic E-state index is 6.02. The number of allylic oxidation sites excluding steroid dienone is 1. The van der Waals surface area contributed by atoms with Gasteiger partial charge in [-0.2, -0.15) is 0 Å². The highest BCUT2D eigenvalue weighted by atomic mass is 16.3. The molecule has 0 amide bonds. The Morgan fingerprint density at radius 3 is 2.80 bits per heavy atom. The van der Waals surface area contributed by atoms with Crippen LogP contribution in [-0.2, 0) is 13.0 Å². The van der Waals surface area contributed by atoms with Gasteiger partial charge in [-0.1, -0.05) is 43.2 Å². The first-order valence-electron chi connectivity index (χ1n) is 7.55. The molecule has 108 valence electrons. The number of furan rings is 1. The smallest absolute Gasteiger partial charge is 0.134 e. The Balaban J connectivity index is 2.17. The lowest BCUT2D eigenvalue weighted by Crippen LogP contribution is -2.14. The molecule has 0 spiro atoms. The maximum absolute atomic E-state index is 6.02. The van der Waals surface area contributed by atoms with Crippen LogP contribution in [0.2, 0.25) is 0 Å². The molecule has 2 nitrogen and oxygen atoms in total. The summed E-state index contributed by atoms with van der Waals surface area (Å²) in [7, 11) is 0. The zero-order valence-electron chi connectivity index (χ0n) is 12.8. The van der Waals surface area contributed by atoms with Gasteiger partial charge in [0.1, 0.15) is 11.3 Å². The lowest BCUT2D eigenvalue weighted by molar-refractivity contribution is 0.526. The highest BCUT2D eigenvalue weighted by Gasteiger charge is 2.12. The summed E-state index contributed by atoms with van der Waals surface area (Å²) in [5, 5.41) is 4.74. The van der Waals surface area contributed by atoms with Gasteiger partial charge in [0.2, 0.25) is 0 Å². The summed E-state index contributed by atoms with van der Waals surface area (Å²) >= 11 is 0. The molecule has 2 aromatic rings. The summed E-state index contributed by atoms with van der Waals surface area (Å²) in [6, 6.07) is 8.34. The number of nitrogens with one attached hydrogen (secondary N) is 1. The SMILES string of the molecule is CCCCc1oc2ccccc2c1CNCC=C(C)C. The highest BCUT2D eigenvalue weighted by Crippen LogP contribution is 2.27. The molecule has 0 atom stereocenters. The molecule has 0 aliphatic heterocycles. The topological polar surface area (TPSA) is 25.2 Å². The minimum absolute atomic E-state index is 0.875. The second kappa shape index (κ2) is 7.30. The maximum Gasteiger partial charge on any atom is 0.134 e. The third-order valence-corrected chi connectivity index (χ3v) is 3.50. The van der Waals surface area contributed by atoms with Crippen LogP contribution in [0.25, 0.3) is 11.0 Å². The van der Waals surface area contributed by atoms with Gasteiger partial charge in [0.15, 0.2) is 0 Å². The average molecular weight is 271 g/mol. The molecule has 1 aromatic heterocycles. The van der Waals surface area contributed by atoms with Crippen molar-refractivity contribution >= 4 is 11.0 Å².